The van der Waals surface area contributed by atoms with E-state index in [0.717, 1.165) is 0 Å². The van der Waals surface area contributed by atoms with Crippen LogP contribution in [0, 0.1) is 6.08 Å². The van der Waals surface area contributed by atoms with Crippen molar-refractivity contribution >= 4 is 0 Å². The Morgan fingerprint density at radius 2 is 0.968 bits per heavy atom. The van der Waals surface area contributed by atoms with Gasteiger partial charge in [-0.1, -0.05) is 0 Å². The average molecular weight is 442 g/mol. The van der Waals surface area contributed by atoms with Crippen molar-refractivity contribution in [3.8, 4) is 12.0 Å². The molecule has 1 aromatic heterocycles. The lowest BCUT2D eigenvalue weighted by Crippen LogP contribution is -2.61. The van der Waals surface area contributed by atoms with Crippen molar-refractivity contribution in [3.63, 3.8) is 0 Å². The standard InChI is InChI=1S/C21H36FN5O4/c1-18(2)9-13(10-19(3,4)26(18)28)30-16-23-15(22)24-17(25-16)31-14-11-20(5,6)27(29)21(7,8)12-14/h13-14,28-29H,9-12H2,1-8H3. The van der Waals surface area contributed by atoms with E-state index < -0.39 is 28.2 Å². The summed E-state index contributed by atoms with van der Waals surface area (Å²) in [5.74, 6) is 0. The minimum absolute atomic E-state index is 0.136. The first kappa shape index (κ1) is 24.0. The molecule has 3 heterocycles. The molecule has 2 fully saturated rings. The van der Waals surface area contributed by atoms with E-state index in [4.69, 9.17) is 9.47 Å². The molecule has 0 saturated carbocycles. The van der Waals surface area contributed by atoms with E-state index in [0.29, 0.717) is 25.7 Å². The number of ether oxygens (including phenoxy) is 2. The highest BCUT2D eigenvalue weighted by atomic mass is 19.1. The molecule has 2 N–H and O–H groups in total. The van der Waals surface area contributed by atoms with Crippen LogP contribution in [0.3, 0.4) is 0 Å². The summed E-state index contributed by atoms with van der Waals surface area (Å²) in [6.07, 6.45) is 0.497. The molecule has 3 rings (SSSR count). The summed E-state index contributed by atoms with van der Waals surface area (Å²) in [6, 6.07) is -0.271. The summed E-state index contributed by atoms with van der Waals surface area (Å²) < 4.78 is 26.0. The highest BCUT2D eigenvalue weighted by Gasteiger charge is 2.47. The lowest BCUT2D eigenvalue weighted by Gasteiger charge is -2.51. The molecule has 176 valence electrons. The minimum Gasteiger partial charge on any atom is -0.460 e. The fourth-order valence-corrected chi connectivity index (χ4v) is 5.24. The first-order valence-corrected chi connectivity index (χ1v) is 10.8. The maximum absolute atomic E-state index is 14.1. The van der Waals surface area contributed by atoms with Crippen LogP contribution in [-0.4, -0.2) is 69.9 Å². The number of nitrogens with zero attached hydrogens (tertiary/aromatic N) is 5. The fourth-order valence-electron chi connectivity index (χ4n) is 5.24. The molecule has 0 aliphatic carbocycles. The van der Waals surface area contributed by atoms with Crippen LogP contribution in [0.25, 0.3) is 0 Å². The molecular weight excluding hydrogens is 405 g/mol. The Bertz CT molecular complexity index is 719. The van der Waals surface area contributed by atoms with E-state index in [9.17, 15) is 14.8 Å². The molecule has 0 aromatic carbocycles. The van der Waals surface area contributed by atoms with Crippen molar-refractivity contribution in [1.82, 2.24) is 25.1 Å². The third-order valence-corrected chi connectivity index (χ3v) is 6.31. The van der Waals surface area contributed by atoms with Gasteiger partial charge in [0.1, 0.15) is 12.2 Å². The first-order chi connectivity index (χ1) is 14.0. The van der Waals surface area contributed by atoms with Crippen molar-refractivity contribution in [2.45, 2.75) is 115 Å². The Balaban J connectivity index is 1.75. The van der Waals surface area contributed by atoms with Gasteiger partial charge in [-0.3, -0.25) is 0 Å². The zero-order valence-electron chi connectivity index (χ0n) is 19.8. The van der Waals surface area contributed by atoms with Gasteiger partial charge in [0.25, 0.3) is 0 Å². The lowest BCUT2D eigenvalue weighted by molar-refractivity contribution is -0.255. The van der Waals surface area contributed by atoms with E-state index in [-0.39, 0.29) is 24.2 Å². The monoisotopic (exact) mass is 441 g/mol. The number of piperidine rings is 2. The number of hydrogen-bond acceptors (Lipinski definition) is 9. The van der Waals surface area contributed by atoms with Crippen LogP contribution in [0.4, 0.5) is 4.39 Å². The van der Waals surface area contributed by atoms with Gasteiger partial charge >= 0.3 is 18.1 Å². The number of aromatic nitrogens is 3. The number of halogens is 1. The molecular formula is C21H36FN5O4. The Morgan fingerprint density at radius 1 is 0.677 bits per heavy atom. The van der Waals surface area contributed by atoms with Crippen LogP contribution in [0.1, 0.15) is 81.1 Å². The average Bonchev–Trinajstić information content (AvgIpc) is 2.56. The van der Waals surface area contributed by atoms with Crippen molar-refractivity contribution in [1.29, 1.82) is 0 Å². The van der Waals surface area contributed by atoms with Crippen LogP contribution in [-0.2, 0) is 0 Å². The van der Waals surface area contributed by atoms with Crippen LogP contribution in [0.2, 0.25) is 0 Å². The van der Waals surface area contributed by atoms with E-state index in [2.05, 4.69) is 15.0 Å². The maximum atomic E-state index is 14.1. The molecule has 0 atom stereocenters. The predicted molar refractivity (Wildman–Crippen MR) is 111 cm³/mol. The summed E-state index contributed by atoms with van der Waals surface area (Å²) in [5.41, 5.74) is -2.08. The highest BCUT2D eigenvalue weighted by molar-refractivity contribution is 5.06. The summed E-state index contributed by atoms with van der Waals surface area (Å²) in [6.45, 7) is 15.4. The number of rotatable bonds is 4. The van der Waals surface area contributed by atoms with Gasteiger partial charge in [-0.25, -0.2) is 0 Å². The lowest BCUT2D eigenvalue weighted by atomic mass is 9.80. The molecule has 0 bridgehead atoms. The van der Waals surface area contributed by atoms with E-state index in [1.54, 1.807) is 0 Å². The number of hydroxylamine groups is 4. The van der Waals surface area contributed by atoms with Crippen LogP contribution < -0.4 is 9.47 Å². The summed E-state index contributed by atoms with van der Waals surface area (Å²) in [4.78, 5) is 11.6. The van der Waals surface area contributed by atoms with Gasteiger partial charge in [0.05, 0.1) is 0 Å². The highest BCUT2D eigenvalue weighted by Crippen LogP contribution is 2.39. The molecule has 9 nitrogen and oxygen atoms in total. The van der Waals surface area contributed by atoms with Crippen molar-refractivity contribution < 1.29 is 24.3 Å². The number of hydrogen-bond donors (Lipinski definition) is 2. The van der Waals surface area contributed by atoms with Gasteiger partial charge in [0.2, 0.25) is 0 Å². The largest absolute Gasteiger partial charge is 0.460 e. The predicted octanol–water partition coefficient (Wildman–Crippen LogP) is 3.59. The SMILES string of the molecule is CC1(C)CC(Oc2nc(F)nc(OC3CC(C)(C)N(O)C(C)(C)C3)n2)CC(C)(C)N1O. The van der Waals surface area contributed by atoms with Crippen molar-refractivity contribution in [2.24, 2.45) is 0 Å². The van der Waals surface area contributed by atoms with Crippen LogP contribution in [0.5, 0.6) is 12.0 Å². The zero-order chi connectivity index (χ0) is 23.4. The second-order valence-corrected chi connectivity index (χ2v) is 11.3. The van der Waals surface area contributed by atoms with Gasteiger partial charge in [0, 0.05) is 47.8 Å². The Kier molecular flexibility index (Phi) is 6.01. The topological polar surface area (TPSA) is 104 Å². The Labute approximate surface area is 183 Å². The fraction of sp³-hybridized carbons (Fsp3) is 0.857. The van der Waals surface area contributed by atoms with E-state index in [1.165, 1.54) is 10.1 Å². The van der Waals surface area contributed by atoms with E-state index in [1.807, 2.05) is 55.4 Å². The van der Waals surface area contributed by atoms with Gasteiger partial charge < -0.3 is 19.9 Å². The molecule has 31 heavy (non-hydrogen) atoms. The van der Waals surface area contributed by atoms with Crippen molar-refractivity contribution in [3.05, 3.63) is 6.08 Å². The molecule has 2 aliphatic heterocycles. The zero-order valence-corrected chi connectivity index (χ0v) is 19.8. The Morgan fingerprint density at radius 3 is 1.26 bits per heavy atom. The summed E-state index contributed by atoms with van der Waals surface area (Å²) in [7, 11) is 0. The molecule has 1 aromatic rings. The molecule has 0 amide bonds. The summed E-state index contributed by atoms with van der Waals surface area (Å²) >= 11 is 0. The Hall–Kier alpha value is -1.62. The van der Waals surface area contributed by atoms with E-state index >= 15 is 0 Å². The smallest absolute Gasteiger partial charge is 0.325 e. The maximum Gasteiger partial charge on any atom is 0.325 e. The third kappa shape index (κ3) is 5.08. The molecule has 0 spiro atoms. The van der Waals surface area contributed by atoms with Gasteiger partial charge in [-0.15, -0.1) is 15.0 Å². The van der Waals surface area contributed by atoms with Crippen LogP contribution in [0.15, 0.2) is 0 Å². The molecule has 0 unspecified atom stereocenters. The molecule has 0 radical (unpaired) electrons. The van der Waals surface area contributed by atoms with Crippen molar-refractivity contribution in [2.75, 3.05) is 0 Å². The summed E-state index contributed by atoms with van der Waals surface area (Å²) in [5, 5.41) is 23.6. The first-order valence-electron chi connectivity index (χ1n) is 10.8. The second-order valence-electron chi connectivity index (χ2n) is 11.3. The second kappa shape index (κ2) is 7.75. The van der Waals surface area contributed by atoms with Gasteiger partial charge in [-0.05, 0) is 55.4 Å². The normalized spacial score (nSPS) is 26.5. The molecule has 2 aliphatic rings. The minimum atomic E-state index is -0.976. The van der Waals surface area contributed by atoms with Gasteiger partial charge in [-0.2, -0.15) is 14.5 Å². The third-order valence-electron chi connectivity index (χ3n) is 6.31. The van der Waals surface area contributed by atoms with Crippen LogP contribution >= 0.6 is 0 Å². The molecule has 10 heteroatoms. The van der Waals surface area contributed by atoms with Gasteiger partial charge in [0.15, 0.2) is 0 Å². The molecule has 2 saturated heterocycles. The quantitative estimate of drug-likeness (QED) is 0.725.